The maximum atomic E-state index is 11.2. The molecule has 6 nitrogen and oxygen atoms in total. The molecule has 0 saturated heterocycles. The van der Waals surface area contributed by atoms with Crippen LogP contribution in [-0.2, 0) is 4.79 Å². The second kappa shape index (κ2) is 6.84. The summed E-state index contributed by atoms with van der Waals surface area (Å²) in [6.07, 6.45) is 1.51. The number of carbonyl (C=O) groups excluding carboxylic acids is 1. The molecule has 0 aliphatic heterocycles. The van der Waals surface area contributed by atoms with Crippen molar-refractivity contribution in [2.75, 3.05) is 13.7 Å². The number of nitrogens with one attached hydrogen (secondary N) is 1. The van der Waals surface area contributed by atoms with Crippen molar-refractivity contribution in [1.82, 2.24) is 15.3 Å². The molecule has 0 spiro atoms. The number of nitrogens with zero attached hydrogens (tertiary/aromatic N) is 2. The Balaban J connectivity index is 1.78. The summed E-state index contributed by atoms with van der Waals surface area (Å²) < 4.78 is 11.3. The molecule has 2 aromatic heterocycles. The summed E-state index contributed by atoms with van der Waals surface area (Å²) in [6, 6.07) is 7.06. The summed E-state index contributed by atoms with van der Waals surface area (Å²) in [6.45, 7) is 4.08. The SMILES string of the molecule is CNC(=O)COc1ccc(Oc2ncnc3sc(C)c(C)c23)cc1. The Morgan fingerprint density at radius 2 is 1.88 bits per heavy atom. The van der Waals surface area contributed by atoms with Crippen molar-refractivity contribution in [2.24, 2.45) is 0 Å². The highest BCUT2D eigenvalue weighted by atomic mass is 32.1. The van der Waals surface area contributed by atoms with Crippen molar-refractivity contribution in [3.63, 3.8) is 0 Å². The van der Waals surface area contributed by atoms with Crippen molar-refractivity contribution < 1.29 is 14.3 Å². The van der Waals surface area contributed by atoms with E-state index in [9.17, 15) is 4.79 Å². The maximum Gasteiger partial charge on any atom is 0.257 e. The second-order valence-electron chi connectivity index (χ2n) is 5.18. The molecule has 124 valence electrons. The van der Waals surface area contributed by atoms with Crippen LogP contribution in [0.5, 0.6) is 17.4 Å². The quantitative estimate of drug-likeness (QED) is 0.770. The number of ether oxygens (including phenoxy) is 2. The van der Waals surface area contributed by atoms with Gasteiger partial charge in [0.15, 0.2) is 6.61 Å². The van der Waals surface area contributed by atoms with Gasteiger partial charge in [-0.2, -0.15) is 0 Å². The van der Waals surface area contributed by atoms with Crippen LogP contribution in [0.1, 0.15) is 10.4 Å². The van der Waals surface area contributed by atoms with Gasteiger partial charge in [-0.3, -0.25) is 4.79 Å². The largest absolute Gasteiger partial charge is 0.484 e. The molecular formula is C17H17N3O3S. The van der Waals surface area contributed by atoms with E-state index in [4.69, 9.17) is 9.47 Å². The highest BCUT2D eigenvalue weighted by molar-refractivity contribution is 7.18. The van der Waals surface area contributed by atoms with Crippen molar-refractivity contribution in [3.05, 3.63) is 41.0 Å². The normalized spacial score (nSPS) is 10.6. The number of aromatic nitrogens is 2. The number of rotatable bonds is 5. The van der Waals surface area contributed by atoms with Gasteiger partial charge in [0.25, 0.3) is 5.91 Å². The van der Waals surface area contributed by atoms with E-state index in [-0.39, 0.29) is 12.5 Å². The molecule has 0 unspecified atom stereocenters. The van der Waals surface area contributed by atoms with Crippen molar-refractivity contribution in [3.8, 4) is 17.4 Å². The summed E-state index contributed by atoms with van der Waals surface area (Å²) in [5.74, 6) is 1.61. The Bertz CT molecular complexity index is 875. The Hall–Kier alpha value is -2.67. The first-order valence-corrected chi connectivity index (χ1v) is 8.22. The molecular weight excluding hydrogens is 326 g/mol. The van der Waals surface area contributed by atoms with E-state index in [0.29, 0.717) is 17.4 Å². The fraction of sp³-hybridized carbons (Fsp3) is 0.235. The van der Waals surface area contributed by atoms with Crippen LogP contribution in [0.15, 0.2) is 30.6 Å². The number of hydrogen-bond donors (Lipinski definition) is 1. The molecule has 3 rings (SSSR count). The van der Waals surface area contributed by atoms with E-state index in [1.165, 1.54) is 11.2 Å². The molecule has 1 N–H and O–H groups in total. The van der Waals surface area contributed by atoms with Crippen molar-refractivity contribution in [1.29, 1.82) is 0 Å². The van der Waals surface area contributed by atoms with Crippen LogP contribution in [0.2, 0.25) is 0 Å². The summed E-state index contributed by atoms with van der Waals surface area (Å²) in [5, 5.41) is 3.45. The smallest absolute Gasteiger partial charge is 0.257 e. The molecule has 0 radical (unpaired) electrons. The highest BCUT2D eigenvalue weighted by Gasteiger charge is 2.13. The zero-order valence-electron chi connectivity index (χ0n) is 13.6. The fourth-order valence-corrected chi connectivity index (χ4v) is 3.15. The topological polar surface area (TPSA) is 73.3 Å². The number of hydrogen-bond acceptors (Lipinski definition) is 6. The van der Waals surface area contributed by atoms with Gasteiger partial charge >= 0.3 is 0 Å². The minimum absolute atomic E-state index is 0.0173. The molecule has 0 aliphatic rings. The number of amides is 1. The third-order valence-corrected chi connectivity index (χ3v) is 4.73. The highest BCUT2D eigenvalue weighted by Crippen LogP contribution is 2.35. The van der Waals surface area contributed by atoms with Gasteiger partial charge in [-0.15, -0.1) is 11.3 Å². The predicted molar refractivity (Wildman–Crippen MR) is 93.0 cm³/mol. The van der Waals surface area contributed by atoms with Gasteiger partial charge in [-0.05, 0) is 43.7 Å². The monoisotopic (exact) mass is 343 g/mol. The van der Waals surface area contributed by atoms with E-state index >= 15 is 0 Å². The standard InChI is InChI=1S/C17H17N3O3S/c1-10-11(2)24-17-15(10)16(19-9-20-17)23-13-6-4-12(5-7-13)22-8-14(21)18-3/h4-7,9H,8H2,1-3H3,(H,18,21). The van der Waals surface area contributed by atoms with Crippen LogP contribution >= 0.6 is 11.3 Å². The molecule has 7 heteroatoms. The first kappa shape index (κ1) is 16.2. The predicted octanol–water partition coefficient (Wildman–Crippen LogP) is 3.23. The average molecular weight is 343 g/mol. The van der Waals surface area contributed by atoms with Crippen LogP contribution in [0.25, 0.3) is 10.2 Å². The van der Waals surface area contributed by atoms with Gasteiger partial charge in [0, 0.05) is 11.9 Å². The number of thiophene rings is 1. The Morgan fingerprint density at radius 1 is 1.17 bits per heavy atom. The minimum atomic E-state index is -0.179. The zero-order valence-corrected chi connectivity index (χ0v) is 14.4. The number of fused-ring (bicyclic) bond motifs is 1. The number of aryl methyl sites for hydroxylation is 2. The molecule has 1 amide bonds. The fourth-order valence-electron chi connectivity index (χ4n) is 2.16. The maximum absolute atomic E-state index is 11.2. The molecule has 3 aromatic rings. The van der Waals surface area contributed by atoms with Crippen molar-refractivity contribution >= 4 is 27.5 Å². The third kappa shape index (κ3) is 3.30. The summed E-state index contributed by atoms with van der Waals surface area (Å²) in [5.41, 5.74) is 1.14. The lowest BCUT2D eigenvalue weighted by atomic mass is 10.2. The number of carbonyl (C=O) groups is 1. The van der Waals surface area contributed by atoms with Crippen LogP contribution < -0.4 is 14.8 Å². The van der Waals surface area contributed by atoms with Gasteiger partial charge in [-0.1, -0.05) is 0 Å². The van der Waals surface area contributed by atoms with E-state index in [0.717, 1.165) is 15.8 Å². The van der Waals surface area contributed by atoms with Gasteiger partial charge in [0.2, 0.25) is 5.88 Å². The number of likely N-dealkylation sites (N-methyl/N-ethyl adjacent to an activating group) is 1. The van der Waals surface area contributed by atoms with E-state index in [1.807, 2.05) is 6.92 Å². The summed E-state index contributed by atoms with van der Waals surface area (Å²) in [4.78, 5) is 21.9. The van der Waals surface area contributed by atoms with Gasteiger partial charge < -0.3 is 14.8 Å². The molecule has 0 saturated carbocycles. The lowest BCUT2D eigenvalue weighted by molar-refractivity contribution is -0.122. The van der Waals surface area contributed by atoms with Crippen LogP contribution in [0, 0.1) is 13.8 Å². The average Bonchev–Trinajstić information content (AvgIpc) is 2.89. The van der Waals surface area contributed by atoms with E-state index in [2.05, 4.69) is 22.2 Å². The summed E-state index contributed by atoms with van der Waals surface area (Å²) in [7, 11) is 1.57. The molecule has 0 aliphatic carbocycles. The van der Waals surface area contributed by atoms with Gasteiger partial charge in [-0.25, -0.2) is 9.97 Å². The van der Waals surface area contributed by atoms with Gasteiger partial charge in [0.1, 0.15) is 22.7 Å². The Kier molecular flexibility index (Phi) is 4.61. The summed E-state index contributed by atoms with van der Waals surface area (Å²) >= 11 is 1.63. The Morgan fingerprint density at radius 3 is 2.58 bits per heavy atom. The Labute approximate surface area is 143 Å². The molecule has 24 heavy (non-hydrogen) atoms. The van der Waals surface area contributed by atoms with E-state index in [1.54, 1.807) is 42.6 Å². The van der Waals surface area contributed by atoms with Crippen molar-refractivity contribution in [2.45, 2.75) is 13.8 Å². The second-order valence-corrected chi connectivity index (χ2v) is 6.38. The molecule has 1 aromatic carbocycles. The van der Waals surface area contributed by atoms with Crippen LogP contribution in [0.4, 0.5) is 0 Å². The van der Waals surface area contributed by atoms with Crippen LogP contribution in [0.3, 0.4) is 0 Å². The van der Waals surface area contributed by atoms with E-state index < -0.39 is 0 Å². The van der Waals surface area contributed by atoms with Crippen LogP contribution in [-0.4, -0.2) is 29.5 Å². The van der Waals surface area contributed by atoms with Gasteiger partial charge in [0.05, 0.1) is 5.39 Å². The zero-order chi connectivity index (χ0) is 17.1. The number of benzene rings is 1. The lowest BCUT2D eigenvalue weighted by Gasteiger charge is -2.08. The molecule has 0 atom stereocenters. The minimum Gasteiger partial charge on any atom is -0.484 e. The first-order chi connectivity index (χ1) is 11.6. The molecule has 2 heterocycles. The lowest BCUT2D eigenvalue weighted by Crippen LogP contribution is -2.24. The third-order valence-electron chi connectivity index (χ3n) is 3.62. The first-order valence-electron chi connectivity index (χ1n) is 7.40. The molecule has 0 fully saturated rings. The molecule has 0 bridgehead atoms.